The normalized spacial score (nSPS) is 11.2. The summed E-state index contributed by atoms with van der Waals surface area (Å²) >= 11 is 3.59. The van der Waals surface area contributed by atoms with Crippen molar-refractivity contribution in [3.8, 4) is 11.8 Å². The van der Waals surface area contributed by atoms with Gasteiger partial charge < -0.3 is 4.74 Å². The zero-order chi connectivity index (χ0) is 15.6. The van der Waals surface area contributed by atoms with Crippen LogP contribution in [-0.2, 0) is 12.0 Å². The average molecular weight is 348 g/mol. The Morgan fingerprint density at radius 3 is 2.48 bits per heavy atom. The summed E-state index contributed by atoms with van der Waals surface area (Å²) in [6.07, 6.45) is 0. The van der Waals surface area contributed by atoms with Gasteiger partial charge in [-0.15, -0.1) is 0 Å². The Hall–Kier alpha value is -1.80. The van der Waals surface area contributed by atoms with E-state index in [9.17, 15) is 5.26 Å². The lowest BCUT2D eigenvalue weighted by Gasteiger charge is -2.15. The minimum absolute atomic E-state index is 0.568. The number of aryl methyl sites for hydroxylation is 1. The molecule has 1 aromatic carbocycles. The molecule has 0 bridgehead atoms. The lowest BCUT2D eigenvalue weighted by atomic mass is 9.87. The molecule has 2 aromatic rings. The second-order valence-corrected chi connectivity index (χ2v) is 6.24. The van der Waals surface area contributed by atoms with E-state index in [1.165, 1.54) is 0 Å². The van der Waals surface area contributed by atoms with Crippen LogP contribution in [0, 0.1) is 18.3 Å². The summed E-state index contributed by atoms with van der Waals surface area (Å²) in [5.41, 5.74) is 2.38. The van der Waals surface area contributed by atoms with Gasteiger partial charge in [-0.25, -0.2) is 0 Å². The Morgan fingerprint density at radius 1 is 1.33 bits per heavy atom. The van der Waals surface area contributed by atoms with E-state index in [0.717, 1.165) is 27.2 Å². The van der Waals surface area contributed by atoms with Crippen molar-refractivity contribution in [1.29, 1.82) is 5.26 Å². The van der Waals surface area contributed by atoms with Gasteiger partial charge in [-0.1, -0.05) is 12.1 Å². The van der Waals surface area contributed by atoms with Crippen molar-refractivity contribution >= 4 is 15.9 Å². The Morgan fingerprint density at radius 2 is 1.95 bits per heavy atom. The van der Waals surface area contributed by atoms with Gasteiger partial charge in [0.1, 0.15) is 10.4 Å². The number of ether oxygens (including phenoxy) is 1. The molecule has 0 amide bonds. The van der Waals surface area contributed by atoms with Crippen molar-refractivity contribution in [2.45, 2.75) is 32.7 Å². The van der Waals surface area contributed by atoms with E-state index in [1.54, 1.807) is 7.11 Å². The van der Waals surface area contributed by atoms with Gasteiger partial charge in [0.15, 0.2) is 0 Å². The molecular weight excluding hydrogens is 330 g/mol. The molecular formula is C16H18BrN3O. The van der Waals surface area contributed by atoms with Crippen LogP contribution in [0.15, 0.2) is 28.9 Å². The van der Waals surface area contributed by atoms with Crippen LogP contribution in [-0.4, -0.2) is 16.9 Å². The van der Waals surface area contributed by atoms with Gasteiger partial charge in [-0.3, -0.25) is 4.68 Å². The second-order valence-electron chi connectivity index (χ2n) is 5.49. The van der Waals surface area contributed by atoms with Crippen molar-refractivity contribution in [3.63, 3.8) is 0 Å². The lowest BCUT2D eigenvalue weighted by Crippen LogP contribution is -2.15. The van der Waals surface area contributed by atoms with Gasteiger partial charge in [0, 0.05) is 5.56 Å². The van der Waals surface area contributed by atoms with Crippen LogP contribution in [0.25, 0.3) is 0 Å². The Balaban J connectivity index is 2.34. The summed E-state index contributed by atoms with van der Waals surface area (Å²) < 4.78 is 7.90. The Bertz CT molecular complexity index is 681. The highest BCUT2D eigenvalue weighted by atomic mass is 79.9. The van der Waals surface area contributed by atoms with E-state index >= 15 is 0 Å². The molecule has 0 aliphatic heterocycles. The molecule has 0 aliphatic rings. The van der Waals surface area contributed by atoms with Gasteiger partial charge >= 0.3 is 0 Å². The third-order valence-electron chi connectivity index (χ3n) is 3.46. The molecule has 0 fully saturated rings. The SMILES string of the molecule is COc1ccc(Cn2nc(C)c(C(C)(C)C#N)c2Br)cc1. The summed E-state index contributed by atoms with van der Waals surface area (Å²) in [5, 5.41) is 13.9. The average Bonchev–Trinajstić information content (AvgIpc) is 2.74. The Labute approximate surface area is 133 Å². The van der Waals surface area contributed by atoms with E-state index in [0.29, 0.717) is 6.54 Å². The topological polar surface area (TPSA) is 50.8 Å². The van der Waals surface area contributed by atoms with Crippen molar-refractivity contribution in [2.75, 3.05) is 7.11 Å². The maximum absolute atomic E-state index is 9.33. The predicted molar refractivity (Wildman–Crippen MR) is 85.4 cm³/mol. The number of halogens is 1. The van der Waals surface area contributed by atoms with Crippen molar-refractivity contribution in [1.82, 2.24) is 9.78 Å². The van der Waals surface area contributed by atoms with E-state index in [-0.39, 0.29) is 0 Å². The molecule has 0 radical (unpaired) electrons. The molecule has 0 saturated carbocycles. The highest BCUT2D eigenvalue weighted by molar-refractivity contribution is 9.10. The fourth-order valence-corrected chi connectivity index (χ4v) is 3.32. The monoisotopic (exact) mass is 347 g/mol. The highest BCUT2D eigenvalue weighted by Crippen LogP contribution is 2.32. The molecule has 2 rings (SSSR count). The first-order valence-electron chi connectivity index (χ1n) is 6.66. The minimum Gasteiger partial charge on any atom is -0.497 e. The first kappa shape index (κ1) is 15.6. The second kappa shape index (κ2) is 5.90. The van der Waals surface area contributed by atoms with E-state index < -0.39 is 5.41 Å². The van der Waals surface area contributed by atoms with Crippen molar-refractivity contribution in [2.24, 2.45) is 0 Å². The summed E-state index contributed by atoms with van der Waals surface area (Å²) in [7, 11) is 1.65. The summed E-state index contributed by atoms with van der Waals surface area (Å²) in [6, 6.07) is 10.2. The number of nitriles is 1. The number of hydrogen-bond donors (Lipinski definition) is 0. The van der Waals surface area contributed by atoms with E-state index in [2.05, 4.69) is 27.1 Å². The number of benzene rings is 1. The zero-order valence-corrected chi connectivity index (χ0v) is 14.2. The first-order chi connectivity index (χ1) is 9.89. The summed E-state index contributed by atoms with van der Waals surface area (Å²) in [5.74, 6) is 0.834. The third-order valence-corrected chi connectivity index (χ3v) is 4.27. The van der Waals surface area contributed by atoms with Gasteiger partial charge in [-0.05, 0) is 54.4 Å². The fourth-order valence-electron chi connectivity index (χ4n) is 2.33. The molecule has 21 heavy (non-hydrogen) atoms. The molecule has 0 spiro atoms. The van der Waals surface area contributed by atoms with E-state index in [1.807, 2.05) is 49.7 Å². The smallest absolute Gasteiger partial charge is 0.118 e. The number of rotatable bonds is 4. The molecule has 0 N–H and O–H groups in total. The summed E-state index contributed by atoms with van der Waals surface area (Å²) in [4.78, 5) is 0. The molecule has 0 unspecified atom stereocenters. The standard InChI is InChI=1S/C16H18BrN3O/c1-11-14(16(2,3)10-18)15(17)20(19-11)9-12-5-7-13(21-4)8-6-12/h5-8H,9H2,1-4H3. The molecule has 4 nitrogen and oxygen atoms in total. The largest absolute Gasteiger partial charge is 0.497 e. The maximum atomic E-state index is 9.33. The van der Waals surface area contributed by atoms with Crippen molar-refractivity contribution in [3.05, 3.63) is 45.7 Å². The van der Waals surface area contributed by atoms with Crippen molar-refractivity contribution < 1.29 is 4.74 Å². The van der Waals surface area contributed by atoms with Gasteiger partial charge in [0.05, 0.1) is 30.8 Å². The van der Waals surface area contributed by atoms with Crippen LogP contribution in [0.5, 0.6) is 5.75 Å². The minimum atomic E-state index is -0.568. The predicted octanol–water partition coefficient (Wildman–Crippen LogP) is 3.81. The van der Waals surface area contributed by atoms with Crippen LogP contribution in [0.2, 0.25) is 0 Å². The van der Waals surface area contributed by atoms with Crippen LogP contribution in [0.4, 0.5) is 0 Å². The van der Waals surface area contributed by atoms with Crippen LogP contribution in [0.1, 0.15) is 30.7 Å². The van der Waals surface area contributed by atoms with Crippen LogP contribution >= 0.6 is 15.9 Å². The quantitative estimate of drug-likeness (QED) is 0.844. The fraction of sp³-hybridized carbons (Fsp3) is 0.375. The molecule has 110 valence electrons. The van der Waals surface area contributed by atoms with Crippen LogP contribution < -0.4 is 4.74 Å². The maximum Gasteiger partial charge on any atom is 0.118 e. The zero-order valence-electron chi connectivity index (χ0n) is 12.6. The van der Waals surface area contributed by atoms with Crippen LogP contribution in [0.3, 0.4) is 0 Å². The third kappa shape index (κ3) is 3.11. The molecule has 1 heterocycles. The van der Waals surface area contributed by atoms with E-state index in [4.69, 9.17) is 4.74 Å². The molecule has 0 saturated heterocycles. The van der Waals surface area contributed by atoms with Gasteiger partial charge in [0.25, 0.3) is 0 Å². The molecule has 0 atom stereocenters. The number of methoxy groups -OCH3 is 1. The lowest BCUT2D eigenvalue weighted by molar-refractivity contribution is 0.414. The number of aromatic nitrogens is 2. The Kier molecular flexibility index (Phi) is 4.38. The summed E-state index contributed by atoms with van der Waals surface area (Å²) in [6.45, 7) is 6.38. The first-order valence-corrected chi connectivity index (χ1v) is 7.46. The number of nitrogens with zero attached hydrogens (tertiary/aromatic N) is 3. The molecule has 5 heteroatoms. The van der Waals surface area contributed by atoms with Gasteiger partial charge in [-0.2, -0.15) is 10.4 Å². The molecule has 0 aliphatic carbocycles. The molecule has 1 aromatic heterocycles. The number of hydrogen-bond acceptors (Lipinski definition) is 3. The van der Waals surface area contributed by atoms with Gasteiger partial charge in [0.2, 0.25) is 0 Å². The highest BCUT2D eigenvalue weighted by Gasteiger charge is 2.28.